The second-order valence-corrected chi connectivity index (χ2v) is 4.10. The average molecular weight is 291 g/mol. The zero-order valence-corrected chi connectivity index (χ0v) is 10.6. The zero-order valence-electron chi connectivity index (χ0n) is 8.97. The Kier molecular flexibility index (Phi) is 5.06. The van der Waals surface area contributed by atoms with Gasteiger partial charge in [0, 0.05) is 12.0 Å². The number of hydrogen-bond acceptors (Lipinski definition) is 1. The van der Waals surface area contributed by atoms with Crippen molar-refractivity contribution < 1.29 is 13.6 Å². The van der Waals surface area contributed by atoms with Gasteiger partial charge >= 0.3 is 0 Å². The maximum Gasteiger partial charge on any atom is 0.264 e. The summed E-state index contributed by atoms with van der Waals surface area (Å²) in [6, 6.07) is 4.80. The van der Waals surface area contributed by atoms with E-state index in [1.165, 1.54) is 6.07 Å². The Morgan fingerprint density at radius 3 is 2.62 bits per heavy atom. The second kappa shape index (κ2) is 6.09. The molecule has 0 aliphatic rings. The Morgan fingerprint density at radius 1 is 1.44 bits per heavy atom. The van der Waals surface area contributed by atoms with E-state index in [4.69, 9.17) is 0 Å². The summed E-state index contributed by atoms with van der Waals surface area (Å²) in [6.07, 6.45) is -1.68. The molecule has 1 rings (SSSR count). The molecule has 1 aromatic rings. The van der Waals surface area contributed by atoms with Crippen LogP contribution in [0.15, 0.2) is 18.2 Å². The molecule has 0 spiro atoms. The van der Waals surface area contributed by atoms with Crippen LogP contribution in [0.2, 0.25) is 0 Å². The summed E-state index contributed by atoms with van der Waals surface area (Å²) < 4.78 is 25.4. The molecule has 16 heavy (non-hydrogen) atoms. The molecule has 0 aliphatic carbocycles. The summed E-state index contributed by atoms with van der Waals surface area (Å²) in [5.74, 6) is -0.0878. The Hall–Kier alpha value is -0.770. The predicted molar refractivity (Wildman–Crippen MR) is 63.3 cm³/mol. The van der Waals surface area contributed by atoms with Gasteiger partial charge in [0.2, 0.25) is 0 Å². The largest absolute Gasteiger partial charge is 0.298 e. The number of carbonyl (C=O) groups is 1. The van der Waals surface area contributed by atoms with E-state index < -0.39 is 6.43 Å². The van der Waals surface area contributed by atoms with Crippen LogP contribution in [0, 0.1) is 0 Å². The number of ketones is 1. The molecular formula is C12H13BrF2O. The molecule has 0 atom stereocenters. The molecule has 0 amide bonds. The van der Waals surface area contributed by atoms with Crippen molar-refractivity contribution in [2.45, 2.75) is 26.2 Å². The van der Waals surface area contributed by atoms with Crippen LogP contribution in [-0.2, 0) is 17.6 Å². The van der Waals surface area contributed by atoms with E-state index in [9.17, 15) is 13.6 Å². The van der Waals surface area contributed by atoms with Gasteiger partial charge in [0.15, 0.2) is 0 Å². The number of halogens is 3. The molecule has 0 N–H and O–H groups in total. The lowest BCUT2D eigenvalue weighted by Gasteiger charge is -2.09. The SMILES string of the molecule is CCc1ccc(C(F)F)c(CC(=O)CBr)c1. The van der Waals surface area contributed by atoms with Gasteiger partial charge in [0.25, 0.3) is 6.43 Å². The van der Waals surface area contributed by atoms with Crippen LogP contribution >= 0.6 is 15.9 Å². The van der Waals surface area contributed by atoms with E-state index in [0.717, 1.165) is 12.0 Å². The van der Waals surface area contributed by atoms with Gasteiger partial charge in [-0.3, -0.25) is 4.79 Å². The summed E-state index contributed by atoms with van der Waals surface area (Å²) >= 11 is 3.03. The Labute approximate surface area is 102 Å². The highest BCUT2D eigenvalue weighted by molar-refractivity contribution is 9.09. The number of carbonyl (C=O) groups excluding carboxylic acids is 1. The first-order valence-corrected chi connectivity index (χ1v) is 6.18. The number of benzene rings is 1. The number of Topliss-reactive ketones (excluding diaryl/α,β-unsaturated/α-hetero) is 1. The molecule has 0 fully saturated rings. The van der Waals surface area contributed by atoms with Crippen molar-refractivity contribution >= 4 is 21.7 Å². The first kappa shape index (κ1) is 13.3. The summed E-state index contributed by atoms with van der Waals surface area (Å²) in [4.78, 5) is 11.3. The van der Waals surface area contributed by atoms with E-state index in [1.807, 2.05) is 6.92 Å². The van der Waals surface area contributed by atoms with Gasteiger partial charge in [-0.25, -0.2) is 8.78 Å². The maximum atomic E-state index is 12.7. The highest BCUT2D eigenvalue weighted by Crippen LogP contribution is 2.24. The summed E-state index contributed by atoms with van der Waals surface area (Å²) in [7, 11) is 0. The first-order chi connectivity index (χ1) is 7.58. The lowest BCUT2D eigenvalue weighted by Crippen LogP contribution is -2.07. The molecule has 0 radical (unpaired) electrons. The molecule has 0 aliphatic heterocycles. The molecule has 1 aromatic carbocycles. The minimum absolute atomic E-state index is 0.0356. The molecular weight excluding hydrogens is 278 g/mol. The quantitative estimate of drug-likeness (QED) is 0.756. The van der Waals surface area contributed by atoms with E-state index >= 15 is 0 Å². The van der Waals surface area contributed by atoms with E-state index in [-0.39, 0.29) is 23.1 Å². The standard InChI is InChI=1S/C12H13BrF2O/c1-2-8-3-4-11(12(14)15)9(5-8)6-10(16)7-13/h3-5,12H,2,6-7H2,1H3. The normalized spacial score (nSPS) is 10.8. The molecule has 0 saturated carbocycles. The van der Waals surface area contributed by atoms with Gasteiger partial charge in [-0.05, 0) is 17.5 Å². The van der Waals surface area contributed by atoms with Crippen molar-refractivity contribution in [3.8, 4) is 0 Å². The maximum absolute atomic E-state index is 12.7. The first-order valence-electron chi connectivity index (χ1n) is 5.06. The molecule has 0 unspecified atom stereocenters. The van der Waals surface area contributed by atoms with Crippen LogP contribution in [-0.4, -0.2) is 11.1 Å². The third kappa shape index (κ3) is 3.37. The van der Waals surface area contributed by atoms with Gasteiger partial charge < -0.3 is 0 Å². The van der Waals surface area contributed by atoms with Crippen LogP contribution in [0.5, 0.6) is 0 Å². The van der Waals surface area contributed by atoms with Gasteiger partial charge in [0.05, 0.1) is 5.33 Å². The topological polar surface area (TPSA) is 17.1 Å². The second-order valence-electron chi connectivity index (χ2n) is 3.54. The third-order valence-electron chi connectivity index (χ3n) is 2.39. The van der Waals surface area contributed by atoms with Gasteiger partial charge in [-0.2, -0.15) is 0 Å². The minimum atomic E-state index is -2.52. The number of aryl methyl sites for hydroxylation is 1. The Balaban J connectivity index is 3.05. The monoisotopic (exact) mass is 290 g/mol. The van der Waals surface area contributed by atoms with Crippen molar-refractivity contribution in [2.24, 2.45) is 0 Å². The molecule has 0 bridgehead atoms. The zero-order chi connectivity index (χ0) is 12.1. The lowest BCUT2D eigenvalue weighted by molar-refractivity contribution is -0.115. The smallest absolute Gasteiger partial charge is 0.264 e. The fourth-order valence-electron chi connectivity index (χ4n) is 1.50. The average Bonchev–Trinajstić information content (AvgIpc) is 2.28. The van der Waals surface area contributed by atoms with Crippen molar-refractivity contribution in [1.82, 2.24) is 0 Å². The molecule has 4 heteroatoms. The number of rotatable bonds is 5. The Morgan fingerprint density at radius 2 is 2.12 bits per heavy atom. The Bertz CT molecular complexity index is 377. The third-order valence-corrected chi connectivity index (χ3v) is 3.01. The number of hydrogen-bond donors (Lipinski definition) is 0. The van der Waals surface area contributed by atoms with E-state index in [0.29, 0.717) is 5.56 Å². The molecule has 0 aromatic heterocycles. The van der Waals surface area contributed by atoms with E-state index in [2.05, 4.69) is 15.9 Å². The van der Waals surface area contributed by atoms with E-state index in [1.54, 1.807) is 12.1 Å². The van der Waals surface area contributed by atoms with Crippen molar-refractivity contribution in [1.29, 1.82) is 0 Å². The summed E-state index contributed by atoms with van der Waals surface area (Å²) in [6.45, 7) is 1.95. The molecule has 0 heterocycles. The summed E-state index contributed by atoms with van der Waals surface area (Å²) in [5, 5.41) is 0.200. The van der Waals surface area contributed by atoms with Crippen molar-refractivity contribution in [2.75, 3.05) is 5.33 Å². The van der Waals surface area contributed by atoms with Crippen molar-refractivity contribution in [3.63, 3.8) is 0 Å². The van der Waals surface area contributed by atoms with Crippen LogP contribution in [0.1, 0.15) is 30.0 Å². The molecule has 1 nitrogen and oxygen atoms in total. The van der Waals surface area contributed by atoms with Gasteiger partial charge in [0.1, 0.15) is 5.78 Å². The van der Waals surface area contributed by atoms with Crippen LogP contribution in [0.3, 0.4) is 0 Å². The summed E-state index contributed by atoms with van der Waals surface area (Å²) in [5.41, 5.74) is 1.38. The van der Waals surface area contributed by atoms with Crippen LogP contribution < -0.4 is 0 Å². The van der Waals surface area contributed by atoms with Gasteiger partial charge in [-0.15, -0.1) is 0 Å². The highest BCUT2D eigenvalue weighted by atomic mass is 79.9. The van der Waals surface area contributed by atoms with Crippen LogP contribution in [0.25, 0.3) is 0 Å². The molecule has 0 saturated heterocycles. The minimum Gasteiger partial charge on any atom is -0.298 e. The lowest BCUT2D eigenvalue weighted by atomic mass is 9.99. The number of alkyl halides is 3. The van der Waals surface area contributed by atoms with Crippen LogP contribution in [0.4, 0.5) is 8.78 Å². The van der Waals surface area contributed by atoms with Crippen molar-refractivity contribution in [3.05, 3.63) is 34.9 Å². The predicted octanol–water partition coefficient (Wildman–Crippen LogP) is 3.69. The van der Waals surface area contributed by atoms with Gasteiger partial charge in [-0.1, -0.05) is 41.1 Å². The fraction of sp³-hybridized carbons (Fsp3) is 0.417. The highest BCUT2D eigenvalue weighted by Gasteiger charge is 2.15. The fourth-order valence-corrected chi connectivity index (χ4v) is 1.70. The molecule has 88 valence electrons.